The number of amides is 3. The Balaban J connectivity index is 2.81. The van der Waals surface area contributed by atoms with Crippen molar-refractivity contribution in [1.29, 1.82) is 5.26 Å². The van der Waals surface area contributed by atoms with Gasteiger partial charge in [-0.25, -0.2) is 4.79 Å². The highest BCUT2D eigenvalue weighted by Gasteiger charge is 2.21. The summed E-state index contributed by atoms with van der Waals surface area (Å²) in [5.74, 6) is -0.425. The molecule has 3 amide bonds. The van der Waals surface area contributed by atoms with Gasteiger partial charge in [0.15, 0.2) is 0 Å². The van der Waals surface area contributed by atoms with Crippen LogP contribution in [-0.4, -0.2) is 31.6 Å². The highest BCUT2D eigenvalue weighted by atomic mass is 16.2. The summed E-state index contributed by atoms with van der Waals surface area (Å²) in [5.41, 5.74) is 1.13. The van der Waals surface area contributed by atoms with Crippen LogP contribution in [0, 0.1) is 11.3 Å². The molecule has 0 spiro atoms. The number of benzene rings is 1. The van der Waals surface area contributed by atoms with Crippen LogP contribution in [0.3, 0.4) is 0 Å². The molecule has 106 valence electrons. The van der Waals surface area contributed by atoms with E-state index in [1.165, 1.54) is 0 Å². The molecule has 1 unspecified atom stereocenters. The van der Waals surface area contributed by atoms with E-state index in [-0.39, 0.29) is 0 Å². The number of imide groups is 1. The minimum atomic E-state index is -0.577. The van der Waals surface area contributed by atoms with E-state index in [4.69, 9.17) is 5.26 Å². The predicted octanol–water partition coefficient (Wildman–Crippen LogP) is 1.23. The van der Waals surface area contributed by atoms with Crippen LogP contribution in [0.4, 0.5) is 10.5 Å². The topological polar surface area (TPSA) is 85.2 Å². The lowest BCUT2D eigenvalue weighted by molar-refractivity contribution is -0.120. The van der Waals surface area contributed by atoms with Crippen LogP contribution >= 0.6 is 0 Å². The molecule has 2 N–H and O–H groups in total. The zero-order chi connectivity index (χ0) is 15.1. The minimum Gasteiger partial charge on any atom is -0.362 e. The van der Waals surface area contributed by atoms with Crippen molar-refractivity contribution in [3.63, 3.8) is 0 Å². The van der Waals surface area contributed by atoms with Gasteiger partial charge in [0.2, 0.25) is 5.91 Å². The summed E-state index contributed by atoms with van der Waals surface area (Å²) in [4.78, 5) is 24.9. The van der Waals surface area contributed by atoms with Gasteiger partial charge in [0.05, 0.1) is 11.3 Å². The quantitative estimate of drug-likeness (QED) is 0.864. The zero-order valence-corrected chi connectivity index (χ0v) is 11.8. The van der Waals surface area contributed by atoms with Gasteiger partial charge in [-0.2, -0.15) is 5.26 Å². The van der Waals surface area contributed by atoms with Gasteiger partial charge in [0.1, 0.15) is 12.1 Å². The third-order valence-electron chi connectivity index (χ3n) is 2.94. The van der Waals surface area contributed by atoms with Gasteiger partial charge >= 0.3 is 6.03 Å². The Morgan fingerprint density at radius 1 is 1.40 bits per heavy atom. The summed E-state index contributed by atoms with van der Waals surface area (Å²) in [6, 6.07) is 7.97. The molecule has 0 bridgehead atoms. The fourth-order valence-corrected chi connectivity index (χ4v) is 1.68. The lowest BCUT2D eigenvalue weighted by Crippen LogP contribution is -2.48. The van der Waals surface area contributed by atoms with Crippen LogP contribution in [0.5, 0.6) is 0 Å². The lowest BCUT2D eigenvalue weighted by atomic mass is 10.1. The first-order valence-corrected chi connectivity index (χ1v) is 6.31. The second-order valence-electron chi connectivity index (χ2n) is 4.26. The number of nitrogens with zero attached hydrogens (tertiary/aromatic N) is 2. The first-order chi connectivity index (χ1) is 9.51. The van der Waals surface area contributed by atoms with Crippen molar-refractivity contribution >= 4 is 17.6 Å². The number of hydrogen-bond donors (Lipinski definition) is 2. The van der Waals surface area contributed by atoms with Gasteiger partial charge in [-0.1, -0.05) is 12.1 Å². The van der Waals surface area contributed by atoms with E-state index in [9.17, 15) is 9.59 Å². The summed E-state index contributed by atoms with van der Waals surface area (Å²) in [7, 11) is 1.71. The molecule has 6 heteroatoms. The molecular weight excluding hydrogens is 256 g/mol. The van der Waals surface area contributed by atoms with Gasteiger partial charge in [0.25, 0.3) is 0 Å². The highest BCUT2D eigenvalue weighted by molar-refractivity contribution is 5.98. The Morgan fingerprint density at radius 2 is 2.05 bits per heavy atom. The average molecular weight is 274 g/mol. The number of hydrogen-bond acceptors (Lipinski definition) is 4. The Morgan fingerprint density at radius 3 is 2.65 bits per heavy atom. The van der Waals surface area contributed by atoms with Crippen molar-refractivity contribution in [3.05, 3.63) is 29.8 Å². The molecule has 6 nitrogen and oxygen atoms in total. The number of para-hydroxylation sites is 1. The SMILES string of the molecule is CCNC(=O)NC(=O)C(C)N(C)c1ccccc1C#N. The van der Waals surface area contributed by atoms with E-state index in [0.29, 0.717) is 17.8 Å². The Hall–Kier alpha value is -2.55. The maximum atomic E-state index is 11.9. The first kappa shape index (κ1) is 15.5. The molecule has 20 heavy (non-hydrogen) atoms. The fraction of sp³-hybridized carbons (Fsp3) is 0.357. The monoisotopic (exact) mass is 274 g/mol. The fourth-order valence-electron chi connectivity index (χ4n) is 1.68. The number of rotatable bonds is 4. The normalized spacial score (nSPS) is 11.1. The first-order valence-electron chi connectivity index (χ1n) is 6.31. The zero-order valence-electron chi connectivity index (χ0n) is 11.8. The van der Waals surface area contributed by atoms with E-state index < -0.39 is 18.0 Å². The van der Waals surface area contributed by atoms with Crippen molar-refractivity contribution < 1.29 is 9.59 Å². The third kappa shape index (κ3) is 3.72. The number of urea groups is 1. The number of anilines is 1. The number of nitriles is 1. The molecule has 0 aliphatic heterocycles. The molecule has 0 aliphatic carbocycles. The summed E-state index contributed by atoms with van der Waals surface area (Å²) in [6.45, 7) is 3.88. The number of nitrogens with one attached hydrogen (secondary N) is 2. The molecule has 1 rings (SSSR count). The van der Waals surface area contributed by atoms with E-state index in [1.807, 2.05) is 0 Å². The summed E-state index contributed by atoms with van der Waals surface area (Å²) >= 11 is 0. The van der Waals surface area contributed by atoms with Crippen LogP contribution in [0.1, 0.15) is 19.4 Å². The third-order valence-corrected chi connectivity index (χ3v) is 2.94. The molecule has 0 aliphatic rings. The molecule has 1 aromatic carbocycles. The van der Waals surface area contributed by atoms with Gasteiger partial charge in [0, 0.05) is 13.6 Å². The molecule has 0 heterocycles. The molecule has 0 aromatic heterocycles. The minimum absolute atomic E-state index is 0.425. The second kappa shape index (κ2) is 7.14. The second-order valence-corrected chi connectivity index (χ2v) is 4.26. The van der Waals surface area contributed by atoms with E-state index >= 15 is 0 Å². The number of carbonyl (C=O) groups excluding carboxylic acids is 2. The number of likely N-dealkylation sites (N-methyl/N-ethyl adjacent to an activating group) is 1. The average Bonchev–Trinajstić information content (AvgIpc) is 2.45. The van der Waals surface area contributed by atoms with Crippen molar-refractivity contribution in [3.8, 4) is 6.07 Å². The Labute approximate surface area is 118 Å². The van der Waals surface area contributed by atoms with Crippen molar-refractivity contribution in [2.24, 2.45) is 0 Å². The summed E-state index contributed by atoms with van der Waals surface area (Å²) < 4.78 is 0. The van der Waals surface area contributed by atoms with Crippen LogP contribution in [0.25, 0.3) is 0 Å². The maximum absolute atomic E-state index is 11.9. The number of carbonyl (C=O) groups is 2. The van der Waals surface area contributed by atoms with Crippen LogP contribution in [0.2, 0.25) is 0 Å². The Kier molecular flexibility index (Phi) is 5.54. The molecule has 0 saturated carbocycles. The van der Waals surface area contributed by atoms with Crippen LogP contribution in [0.15, 0.2) is 24.3 Å². The molecule has 0 fully saturated rings. The lowest BCUT2D eigenvalue weighted by Gasteiger charge is -2.26. The van der Waals surface area contributed by atoms with Gasteiger partial charge in [-0.3, -0.25) is 10.1 Å². The van der Waals surface area contributed by atoms with E-state index in [1.54, 1.807) is 50.1 Å². The highest BCUT2D eigenvalue weighted by Crippen LogP contribution is 2.20. The molecule has 1 atom stereocenters. The van der Waals surface area contributed by atoms with Crippen LogP contribution < -0.4 is 15.5 Å². The van der Waals surface area contributed by atoms with Crippen molar-refractivity contribution in [2.45, 2.75) is 19.9 Å². The maximum Gasteiger partial charge on any atom is 0.321 e. The largest absolute Gasteiger partial charge is 0.362 e. The van der Waals surface area contributed by atoms with Gasteiger partial charge in [-0.05, 0) is 26.0 Å². The van der Waals surface area contributed by atoms with Crippen LogP contribution in [-0.2, 0) is 4.79 Å². The van der Waals surface area contributed by atoms with Gasteiger partial charge in [-0.15, -0.1) is 0 Å². The van der Waals surface area contributed by atoms with Crippen molar-refractivity contribution in [1.82, 2.24) is 10.6 Å². The molecule has 0 saturated heterocycles. The predicted molar refractivity (Wildman–Crippen MR) is 76.2 cm³/mol. The summed E-state index contributed by atoms with van der Waals surface area (Å²) in [5, 5.41) is 13.8. The molecular formula is C14H18N4O2. The van der Waals surface area contributed by atoms with E-state index in [2.05, 4.69) is 16.7 Å². The smallest absolute Gasteiger partial charge is 0.321 e. The van der Waals surface area contributed by atoms with Gasteiger partial charge < -0.3 is 10.2 Å². The van der Waals surface area contributed by atoms with E-state index in [0.717, 1.165) is 0 Å². The molecule has 1 aromatic rings. The summed E-state index contributed by atoms with van der Waals surface area (Å²) in [6.07, 6.45) is 0. The molecule has 0 radical (unpaired) electrons. The standard InChI is InChI=1S/C14H18N4O2/c1-4-16-14(20)17-13(19)10(2)18(3)12-8-6-5-7-11(12)9-15/h5-8,10H,4H2,1-3H3,(H2,16,17,19,20). The Bertz CT molecular complexity index is 536. The van der Waals surface area contributed by atoms with Crippen molar-refractivity contribution in [2.75, 3.05) is 18.5 Å².